The molecule has 1 aliphatic rings. The number of benzene rings is 2. The first-order chi connectivity index (χ1) is 13.1. The highest BCUT2D eigenvalue weighted by molar-refractivity contribution is 5.87. The molecular formula is C22H25FN2O2. The zero-order valence-corrected chi connectivity index (χ0v) is 15.5. The van der Waals surface area contributed by atoms with Crippen molar-refractivity contribution in [2.24, 2.45) is 0 Å². The molecule has 0 saturated carbocycles. The lowest BCUT2D eigenvalue weighted by Crippen LogP contribution is -2.38. The Morgan fingerprint density at radius 2 is 1.96 bits per heavy atom. The number of ether oxygens (including phenoxy) is 1. The number of piperidine rings is 1. The second-order valence-electron chi connectivity index (χ2n) is 6.77. The maximum atomic E-state index is 13.9. The van der Waals surface area contributed by atoms with Crippen molar-refractivity contribution in [3.8, 4) is 0 Å². The third-order valence-corrected chi connectivity index (χ3v) is 4.80. The van der Waals surface area contributed by atoms with Crippen LogP contribution in [0.1, 0.15) is 24.0 Å². The molecule has 0 amide bonds. The first-order valence-electron chi connectivity index (χ1n) is 9.22. The third kappa shape index (κ3) is 5.66. The van der Waals surface area contributed by atoms with E-state index in [1.165, 1.54) is 30.9 Å². The van der Waals surface area contributed by atoms with Gasteiger partial charge in [-0.15, -0.1) is 0 Å². The monoisotopic (exact) mass is 368 g/mol. The summed E-state index contributed by atoms with van der Waals surface area (Å²) in [4.78, 5) is 13.7. The van der Waals surface area contributed by atoms with Gasteiger partial charge in [0.1, 0.15) is 5.82 Å². The van der Waals surface area contributed by atoms with Crippen LogP contribution < -0.4 is 5.32 Å². The van der Waals surface area contributed by atoms with Crippen LogP contribution >= 0.6 is 0 Å². The Balaban J connectivity index is 1.54. The minimum Gasteiger partial charge on any atom is -0.466 e. The minimum absolute atomic E-state index is 0.361. The molecule has 4 nitrogen and oxygen atoms in total. The van der Waals surface area contributed by atoms with Crippen molar-refractivity contribution in [3.63, 3.8) is 0 Å². The Morgan fingerprint density at radius 3 is 2.67 bits per heavy atom. The molecule has 0 atom stereocenters. The predicted molar refractivity (Wildman–Crippen MR) is 106 cm³/mol. The average Bonchev–Trinajstić information content (AvgIpc) is 2.70. The van der Waals surface area contributed by atoms with Gasteiger partial charge in [0.25, 0.3) is 0 Å². The van der Waals surface area contributed by atoms with E-state index in [0.29, 0.717) is 11.6 Å². The van der Waals surface area contributed by atoms with Gasteiger partial charge in [-0.05, 0) is 42.7 Å². The lowest BCUT2D eigenvalue weighted by atomic mass is 10.0. The van der Waals surface area contributed by atoms with Crippen LogP contribution in [-0.4, -0.2) is 37.1 Å². The van der Waals surface area contributed by atoms with Gasteiger partial charge in [0, 0.05) is 43.0 Å². The second kappa shape index (κ2) is 9.33. The lowest BCUT2D eigenvalue weighted by molar-refractivity contribution is -0.134. The largest absolute Gasteiger partial charge is 0.466 e. The third-order valence-electron chi connectivity index (χ3n) is 4.80. The number of anilines is 1. The summed E-state index contributed by atoms with van der Waals surface area (Å²) >= 11 is 0. The van der Waals surface area contributed by atoms with E-state index in [1.807, 2.05) is 6.07 Å². The number of hydrogen-bond donors (Lipinski definition) is 1. The number of carbonyl (C=O) groups excluding carboxylic acids is 1. The SMILES string of the molecule is COC(=O)/C=C/c1cc(NC2CCN(Cc3ccccc3)CC2)ccc1F. The Labute approximate surface area is 159 Å². The quantitative estimate of drug-likeness (QED) is 0.616. The van der Waals surface area contributed by atoms with E-state index in [-0.39, 0.29) is 5.82 Å². The fourth-order valence-corrected chi connectivity index (χ4v) is 3.30. The number of esters is 1. The molecule has 142 valence electrons. The molecule has 0 spiro atoms. The van der Waals surface area contributed by atoms with E-state index < -0.39 is 5.97 Å². The standard InChI is InChI=1S/C22H25FN2O2/c1-27-22(26)10-7-18-15-20(8-9-21(18)23)24-19-11-13-25(14-12-19)16-17-5-3-2-4-6-17/h2-10,15,19,24H,11-14,16H2,1H3/b10-7+. The zero-order valence-electron chi connectivity index (χ0n) is 15.5. The molecule has 0 radical (unpaired) electrons. The van der Waals surface area contributed by atoms with Crippen LogP contribution in [0.25, 0.3) is 6.08 Å². The van der Waals surface area contributed by atoms with Crippen molar-refractivity contribution in [3.05, 3.63) is 71.6 Å². The average molecular weight is 368 g/mol. The number of likely N-dealkylation sites (tertiary alicyclic amines) is 1. The highest BCUT2D eigenvalue weighted by Crippen LogP contribution is 2.21. The Bertz CT molecular complexity index is 784. The summed E-state index contributed by atoms with van der Waals surface area (Å²) in [6, 6.07) is 15.8. The van der Waals surface area contributed by atoms with Gasteiger partial charge in [-0.1, -0.05) is 30.3 Å². The van der Waals surface area contributed by atoms with Gasteiger partial charge in [0.2, 0.25) is 0 Å². The van der Waals surface area contributed by atoms with Crippen LogP contribution in [0.5, 0.6) is 0 Å². The highest BCUT2D eigenvalue weighted by atomic mass is 19.1. The Hall–Kier alpha value is -2.66. The minimum atomic E-state index is -0.501. The molecule has 1 fully saturated rings. The summed E-state index contributed by atoms with van der Waals surface area (Å²) in [5.41, 5.74) is 2.57. The number of hydrogen-bond acceptors (Lipinski definition) is 4. The van der Waals surface area contributed by atoms with Gasteiger partial charge in [-0.3, -0.25) is 4.90 Å². The van der Waals surface area contributed by atoms with Crippen LogP contribution in [-0.2, 0) is 16.1 Å². The summed E-state index contributed by atoms with van der Waals surface area (Å²) in [6.45, 7) is 3.04. The van der Waals surface area contributed by atoms with Crippen molar-refractivity contribution in [2.75, 3.05) is 25.5 Å². The van der Waals surface area contributed by atoms with Gasteiger partial charge in [0.05, 0.1) is 7.11 Å². The van der Waals surface area contributed by atoms with Crippen LogP contribution in [0.3, 0.4) is 0 Å². The van der Waals surface area contributed by atoms with E-state index >= 15 is 0 Å². The molecule has 0 aliphatic carbocycles. The maximum absolute atomic E-state index is 13.9. The molecule has 0 unspecified atom stereocenters. The first kappa shape index (κ1) is 19.1. The van der Waals surface area contributed by atoms with Crippen LogP contribution in [0.2, 0.25) is 0 Å². The number of carbonyl (C=O) groups is 1. The van der Waals surface area contributed by atoms with Gasteiger partial charge >= 0.3 is 5.97 Å². The predicted octanol–water partition coefficient (Wildman–Crippen LogP) is 4.09. The highest BCUT2D eigenvalue weighted by Gasteiger charge is 2.19. The fourth-order valence-electron chi connectivity index (χ4n) is 3.30. The molecule has 0 bridgehead atoms. The van der Waals surface area contributed by atoms with Crippen molar-refractivity contribution in [1.29, 1.82) is 0 Å². The molecular weight excluding hydrogens is 343 g/mol. The number of halogens is 1. The zero-order chi connectivity index (χ0) is 19.1. The van der Waals surface area contributed by atoms with Crippen molar-refractivity contribution in [1.82, 2.24) is 4.90 Å². The van der Waals surface area contributed by atoms with Gasteiger partial charge < -0.3 is 10.1 Å². The normalized spacial score (nSPS) is 15.8. The molecule has 0 aromatic heterocycles. The number of methoxy groups -OCH3 is 1. The van der Waals surface area contributed by atoms with Gasteiger partial charge in [-0.25, -0.2) is 9.18 Å². The molecule has 1 heterocycles. The Morgan fingerprint density at radius 1 is 1.22 bits per heavy atom. The molecule has 1 N–H and O–H groups in total. The van der Waals surface area contributed by atoms with Crippen LogP contribution in [0, 0.1) is 5.82 Å². The molecule has 2 aromatic carbocycles. The van der Waals surface area contributed by atoms with E-state index in [2.05, 4.69) is 39.2 Å². The number of nitrogens with one attached hydrogen (secondary N) is 1. The van der Waals surface area contributed by atoms with E-state index in [4.69, 9.17) is 0 Å². The molecule has 3 rings (SSSR count). The molecule has 1 saturated heterocycles. The number of nitrogens with zero attached hydrogens (tertiary/aromatic N) is 1. The maximum Gasteiger partial charge on any atom is 0.330 e. The lowest BCUT2D eigenvalue weighted by Gasteiger charge is -2.33. The van der Waals surface area contributed by atoms with Crippen molar-refractivity contribution >= 4 is 17.7 Å². The first-order valence-corrected chi connectivity index (χ1v) is 9.22. The summed E-state index contributed by atoms with van der Waals surface area (Å²) in [5, 5.41) is 3.49. The van der Waals surface area contributed by atoms with Crippen LogP contribution in [0.15, 0.2) is 54.6 Å². The summed E-state index contributed by atoms with van der Waals surface area (Å²) in [6.07, 6.45) is 4.74. The van der Waals surface area contributed by atoms with Crippen molar-refractivity contribution in [2.45, 2.75) is 25.4 Å². The van der Waals surface area contributed by atoms with E-state index in [0.717, 1.165) is 38.2 Å². The number of rotatable bonds is 6. The Kier molecular flexibility index (Phi) is 6.60. The summed E-state index contributed by atoms with van der Waals surface area (Å²) in [5.74, 6) is -0.864. The van der Waals surface area contributed by atoms with E-state index in [1.54, 1.807) is 12.1 Å². The molecule has 1 aliphatic heterocycles. The van der Waals surface area contributed by atoms with Gasteiger partial charge in [0.15, 0.2) is 0 Å². The summed E-state index contributed by atoms with van der Waals surface area (Å²) < 4.78 is 18.5. The van der Waals surface area contributed by atoms with Gasteiger partial charge in [-0.2, -0.15) is 0 Å². The van der Waals surface area contributed by atoms with E-state index in [9.17, 15) is 9.18 Å². The topological polar surface area (TPSA) is 41.6 Å². The van der Waals surface area contributed by atoms with Crippen LogP contribution in [0.4, 0.5) is 10.1 Å². The van der Waals surface area contributed by atoms with Crippen molar-refractivity contribution < 1.29 is 13.9 Å². The smallest absolute Gasteiger partial charge is 0.330 e. The summed E-state index contributed by atoms with van der Waals surface area (Å²) in [7, 11) is 1.30. The molecule has 2 aromatic rings. The molecule has 5 heteroatoms. The second-order valence-corrected chi connectivity index (χ2v) is 6.77. The fraction of sp³-hybridized carbons (Fsp3) is 0.318. The molecule has 27 heavy (non-hydrogen) atoms.